The SMILES string of the molecule is C#CCN(CC)C(=O)c1ccc(Cl)cc1OC. The summed E-state index contributed by atoms with van der Waals surface area (Å²) in [6, 6.07) is 4.90. The van der Waals surface area contributed by atoms with Gasteiger partial charge in [0.05, 0.1) is 19.2 Å². The molecule has 0 aromatic heterocycles. The van der Waals surface area contributed by atoms with Crippen LogP contribution in [0.15, 0.2) is 18.2 Å². The van der Waals surface area contributed by atoms with E-state index in [1.807, 2.05) is 6.92 Å². The Morgan fingerprint density at radius 2 is 2.29 bits per heavy atom. The van der Waals surface area contributed by atoms with Crippen LogP contribution >= 0.6 is 11.6 Å². The van der Waals surface area contributed by atoms with Crippen LogP contribution in [0.2, 0.25) is 5.02 Å². The van der Waals surface area contributed by atoms with Crippen LogP contribution in [0.25, 0.3) is 0 Å². The molecule has 0 N–H and O–H groups in total. The second kappa shape index (κ2) is 6.17. The van der Waals surface area contributed by atoms with Crippen molar-refractivity contribution in [3.05, 3.63) is 28.8 Å². The molecule has 0 aliphatic rings. The van der Waals surface area contributed by atoms with Crippen molar-refractivity contribution in [3.8, 4) is 18.1 Å². The summed E-state index contributed by atoms with van der Waals surface area (Å²) in [7, 11) is 1.50. The van der Waals surface area contributed by atoms with E-state index in [-0.39, 0.29) is 12.5 Å². The molecular weight excluding hydrogens is 238 g/mol. The van der Waals surface area contributed by atoms with Crippen molar-refractivity contribution in [1.29, 1.82) is 0 Å². The Morgan fingerprint density at radius 3 is 2.82 bits per heavy atom. The van der Waals surface area contributed by atoms with Gasteiger partial charge in [0.2, 0.25) is 0 Å². The third-order valence-corrected chi connectivity index (χ3v) is 2.58. The number of terminal acetylenes is 1. The molecule has 0 radical (unpaired) electrons. The fourth-order valence-electron chi connectivity index (χ4n) is 1.45. The highest BCUT2D eigenvalue weighted by Gasteiger charge is 2.17. The van der Waals surface area contributed by atoms with Crippen LogP contribution in [0.4, 0.5) is 0 Å². The topological polar surface area (TPSA) is 29.5 Å². The number of amides is 1. The molecule has 0 saturated carbocycles. The molecule has 3 nitrogen and oxygen atoms in total. The first kappa shape index (κ1) is 13.4. The Kier molecular flexibility index (Phi) is 4.86. The third kappa shape index (κ3) is 3.15. The molecule has 0 aliphatic heterocycles. The van der Waals surface area contributed by atoms with Crippen molar-refractivity contribution in [2.75, 3.05) is 20.2 Å². The second-order valence-corrected chi connectivity index (χ2v) is 3.80. The summed E-state index contributed by atoms with van der Waals surface area (Å²) in [5.74, 6) is 2.76. The van der Waals surface area contributed by atoms with Crippen molar-refractivity contribution in [1.82, 2.24) is 4.90 Å². The van der Waals surface area contributed by atoms with E-state index >= 15 is 0 Å². The molecule has 1 amide bonds. The highest BCUT2D eigenvalue weighted by Crippen LogP contribution is 2.24. The Balaban J connectivity index is 3.07. The average Bonchev–Trinajstić information content (AvgIpc) is 2.34. The highest BCUT2D eigenvalue weighted by molar-refractivity contribution is 6.30. The Hall–Kier alpha value is -1.66. The van der Waals surface area contributed by atoms with Gasteiger partial charge in [0, 0.05) is 11.6 Å². The van der Waals surface area contributed by atoms with Crippen LogP contribution in [0.3, 0.4) is 0 Å². The summed E-state index contributed by atoms with van der Waals surface area (Å²) in [5, 5.41) is 0.526. The van der Waals surface area contributed by atoms with Gasteiger partial charge in [-0.25, -0.2) is 0 Å². The zero-order valence-corrected chi connectivity index (χ0v) is 10.6. The smallest absolute Gasteiger partial charge is 0.258 e. The van der Waals surface area contributed by atoms with Crippen LogP contribution in [0, 0.1) is 12.3 Å². The molecule has 0 atom stereocenters. The molecule has 0 heterocycles. The van der Waals surface area contributed by atoms with Crippen molar-refractivity contribution < 1.29 is 9.53 Å². The first-order valence-corrected chi connectivity index (χ1v) is 5.58. The second-order valence-electron chi connectivity index (χ2n) is 3.37. The Labute approximate surface area is 106 Å². The number of carbonyl (C=O) groups is 1. The number of halogens is 1. The molecule has 0 saturated heterocycles. The normalized spacial score (nSPS) is 9.53. The maximum atomic E-state index is 12.2. The van der Waals surface area contributed by atoms with Gasteiger partial charge >= 0.3 is 0 Å². The molecule has 1 aromatic carbocycles. The monoisotopic (exact) mass is 251 g/mol. The molecule has 4 heteroatoms. The predicted octanol–water partition coefficient (Wildman–Crippen LogP) is 2.44. The lowest BCUT2D eigenvalue weighted by molar-refractivity contribution is 0.0781. The fraction of sp³-hybridized carbons (Fsp3) is 0.308. The van der Waals surface area contributed by atoms with Crippen LogP contribution in [0.1, 0.15) is 17.3 Å². The maximum Gasteiger partial charge on any atom is 0.258 e. The lowest BCUT2D eigenvalue weighted by atomic mass is 10.1. The molecule has 0 unspecified atom stereocenters. The van der Waals surface area contributed by atoms with Crippen LogP contribution in [-0.2, 0) is 0 Å². The molecular formula is C13H14ClNO2. The van der Waals surface area contributed by atoms with Crippen LogP contribution in [-0.4, -0.2) is 31.0 Å². The summed E-state index contributed by atoms with van der Waals surface area (Å²) < 4.78 is 5.14. The van der Waals surface area contributed by atoms with E-state index < -0.39 is 0 Å². The lowest BCUT2D eigenvalue weighted by Crippen LogP contribution is -2.31. The van der Waals surface area contributed by atoms with Gasteiger partial charge in [-0.3, -0.25) is 4.79 Å². The molecule has 0 fully saturated rings. The number of rotatable bonds is 4. The number of hydrogen-bond donors (Lipinski definition) is 0. The van der Waals surface area contributed by atoms with Gasteiger partial charge in [-0.05, 0) is 25.1 Å². The minimum atomic E-state index is -0.154. The van der Waals surface area contributed by atoms with Gasteiger partial charge in [-0.15, -0.1) is 6.42 Å². The highest BCUT2D eigenvalue weighted by atomic mass is 35.5. The molecule has 0 spiro atoms. The van der Waals surface area contributed by atoms with Gasteiger partial charge in [0.1, 0.15) is 5.75 Å². The molecule has 1 rings (SSSR count). The summed E-state index contributed by atoms with van der Waals surface area (Å²) in [5.41, 5.74) is 0.467. The van der Waals surface area contributed by atoms with Crippen LogP contribution in [0.5, 0.6) is 5.75 Å². The van der Waals surface area contributed by atoms with E-state index in [1.165, 1.54) is 7.11 Å². The number of hydrogen-bond acceptors (Lipinski definition) is 2. The minimum absolute atomic E-state index is 0.154. The number of benzene rings is 1. The van der Waals surface area contributed by atoms with E-state index in [9.17, 15) is 4.79 Å². The van der Waals surface area contributed by atoms with E-state index in [0.29, 0.717) is 22.9 Å². The molecule has 0 aliphatic carbocycles. The van der Waals surface area contributed by atoms with Gasteiger partial charge < -0.3 is 9.64 Å². The van der Waals surface area contributed by atoms with E-state index in [1.54, 1.807) is 23.1 Å². The standard InChI is InChI=1S/C13H14ClNO2/c1-4-8-15(5-2)13(16)11-7-6-10(14)9-12(11)17-3/h1,6-7,9H,5,8H2,2-3H3. The first-order chi connectivity index (χ1) is 8.13. The maximum absolute atomic E-state index is 12.2. The van der Waals surface area contributed by atoms with Gasteiger partial charge in [0.25, 0.3) is 5.91 Å². The quantitative estimate of drug-likeness (QED) is 0.770. The summed E-state index contributed by atoms with van der Waals surface area (Å²) in [4.78, 5) is 13.7. The summed E-state index contributed by atoms with van der Waals surface area (Å²) in [6.45, 7) is 2.70. The molecule has 1 aromatic rings. The van der Waals surface area contributed by atoms with E-state index in [0.717, 1.165) is 0 Å². The summed E-state index contributed by atoms with van der Waals surface area (Å²) >= 11 is 5.84. The average molecular weight is 252 g/mol. The van der Waals surface area contributed by atoms with Crippen molar-refractivity contribution in [2.45, 2.75) is 6.92 Å². The summed E-state index contributed by atoms with van der Waals surface area (Å²) in [6.07, 6.45) is 5.22. The van der Waals surface area contributed by atoms with E-state index in [4.69, 9.17) is 22.8 Å². The lowest BCUT2D eigenvalue weighted by Gasteiger charge is -2.19. The largest absolute Gasteiger partial charge is 0.496 e. The molecule has 90 valence electrons. The molecule has 0 bridgehead atoms. The molecule has 17 heavy (non-hydrogen) atoms. The zero-order chi connectivity index (χ0) is 12.8. The Morgan fingerprint density at radius 1 is 1.59 bits per heavy atom. The number of methoxy groups -OCH3 is 1. The van der Waals surface area contributed by atoms with Crippen LogP contribution < -0.4 is 4.74 Å². The number of ether oxygens (including phenoxy) is 1. The minimum Gasteiger partial charge on any atom is -0.496 e. The predicted molar refractivity (Wildman–Crippen MR) is 68.4 cm³/mol. The van der Waals surface area contributed by atoms with Gasteiger partial charge in [-0.2, -0.15) is 0 Å². The third-order valence-electron chi connectivity index (χ3n) is 2.35. The number of nitrogens with zero attached hydrogens (tertiary/aromatic N) is 1. The van der Waals surface area contributed by atoms with Crippen molar-refractivity contribution in [3.63, 3.8) is 0 Å². The zero-order valence-electron chi connectivity index (χ0n) is 9.87. The van der Waals surface area contributed by atoms with E-state index in [2.05, 4.69) is 5.92 Å². The van der Waals surface area contributed by atoms with Gasteiger partial charge in [0.15, 0.2) is 0 Å². The first-order valence-electron chi connectivity index (χ1n) is 5.20. The van der Waals surface area contributed by atoms with Gasteiger partial charge in [-0.1, -0.05) is 17.5 Å². The van der Waals surface area contributed by atoms with Crippen molar-refractivity contribution >= 4 is 17.5 Å². The Bertz CT molecular complexity index is 451. The van der Waals surface area contributed by atoms with Crippen molar-refractivity contribution in [2.24, 2.45) is 0 Å². The number of carbonyl (C=O) groups excluding carboxylic acids is 1. The fourth-order valence-corrected chi connectivity index (χ4v) is 1.61.